The second kappa shape index (κ2) is 8.76. The molecular formula is C19H19N7O2S2. The third kappa shape index (κ3) is 4.74. The zero-order valence-electron chi connectivity index (χ0n) is 16.3. The smallest absolute Gasteiger partial charge is 0.266 e. The lowest BCUT2D eigenvalue weighted by Crippen LogP contribution is -2.15. The average molecular weight is 442 g/mol. The van der Waals surface area contributed by atoms with Crippen molar-refractivity contribution >= 4 is 39.8 Å². The lowest BCUT2D eigenvalue weighted by atomic mass is 10.1. The molecule has 2 N–H and O–H groups in total. The van der Waals surface area contributed by atoms with Gasteiger partial charge in [0.15, 0.2) is 16.6 Å². The van der Waals surface area contributed by atoms with Gasteiger partial charge in [0.1, 0.15) is 5.01 Å². The van der Waals surface area contributed by atoms with Crippen LogP contribution in [0.4, 0.5) is 5.13 Å². The fourth-order valence-electron chi connectivity index (χ4n) is 2.72. The second-order valence-electron chi connectivity index (χ2n) is 6.95. The van der Waals surface area contributed by atoms with Crippen molar-refractivity contribution in [3.8, 4) is 11.4 Å². The maximum atomic E-state index is 12.4. The molecule has 0 radical (unpaired) electrons. The molecule has 30 heavy (non-hydrogen) atoms. The van der Waals surface area contributed by atoms with Crippen molar-refractivity contribution in [2.24, 2.45) is 5.92 Å². The number of hydrogen-bond donors (Lipinski definition) is 2. The van der Waals surface area contributed by atoms with Crippen LogP contribution in [0.25, 0.3) is 17.0 Å². The van der Waals surface area contributed by atoms with Gasteiger partial charge in [-0.1, -0.05) is 67.3 Å². The van der Waals surface area contributed by atoms with Crippen molar-refractivity contribution in [3.63, 3.8) is 0 Å². The Labute approximate surface area is 180 Å². The van der Waals surface area contributed by atoms with E-state index in [1.807, 2.05) is 30.3 Å². The van der Waals surface area contributed by atoms with Crippen molar-refractivity contribution < 1.29 is 4.79 Å². The van der Waals surface area contributed by atoms with Crippen LogP contribution in [0.15, 0.2) is 46.3 Å². The highest BCUT2D eigenvalue weighted by Crippen LogP contribution is 2.22. The van der Waals surface area contributed by atoms with E-state index in [9.17, 15) is 9.59 Å². The molecule has 0 aliphatic rings. The number of carbonyl (C=O) groups excluding carboxylic acids is 1. The molecule has 0 saturated carbocycles. The number of amides is 1. The summed E-state index contributed by atoms with van der Waals surface area (Å²) in [5.41, 5.74) is 0.984. The number of benzene rings is 1. The fraction of sp³-hybridized carbons (Fsp3) is 0.263. The number of thioether (sulfide) groups is 1. The molecule has 154 valence electrons. The average Bonchev–Trinajstić information content (AvgIpc) is 3.31. The van der Waals surface area contributed by atoms with Gasteiger partial charge < -0.3 is 0 Å². The summed E-state index contributed by atoms with van der Waals surface area (Å²) in [5, 5.41) is 15.4. The molecule has 0 aliphatic heterocycles. The molecule has 0 aliphatic carbocycles. The molecule has 0 unspecified atom stereocenters. The van der Waals surface area contributed by atoms with Gasteiger partial charge in [0.05, 0.1) is 5.75 Å². The van der Waals surface area contributed by atoms with Crippen LogP contribution in [-0.2, 0) is 11.2 Å². The van der Waals surface area contributed by atoms with Gasteiger partial charge in [-0.3, -0.25) is 20.0 Å². The first-order valence-corrected chi connectivity index (χ1v) is 11.1. The predicted octanol–water partition coefficient (Wildman–Crippen LogP) is 2.87. The van der Waals surface area contributed by atoms with E-state index in [2.05, 4.69) is 44.4 Å². The molecule has 1 amide bonds. The first-order valence-electron chi connectivity index (χ1n) is 9.28. The van der Waals surface area contributed by atoms with Crippen LogP contribution in [0.3, 0.4) is 0 Å². The number of carbonyl (C=O) groups is 1. The minimum absolute atomic E-state index is 0.0969. The summed E-state index contributed by atoms with van der Waals surface area (Å²) in [7, 11) is 0. The monoisotopic (exact) mass is 441 g/mol. The van der Waals surface area contributed by atoms with Gasteiger partial charge in [0.2, 0.25) is 11.0 Å². The molecule has 3 aromatic heterocycles. The number of aromatic amines is 1. The quantitative estimate of drug-likeness (QED) is 0.423. The Balaban J connectivity index is 1.51. The Morgan fingerprint density at radius 2 is 2.03 bits per heavy atom. The number of hydrogen-bond acceptors (Lipinski definition) is 8. The molecule has 4 rings (SSSR count). The van der Waals surface area contributed by atoms with Gasteiger partial charge in [-0.2, -0.15) is 0 Å². The topological polar surface area (TPSA) is 118 Å². The lowest BCUT2D eigenvalue weighted by molar-refractivity contribution is -0.113. The van der Waals surface area contributed by atoms with Crippen molar-refractivity contribution in [1.82, 2.24) is 29.8 Å². The standard InChI is InChI=1S/C19H19N7O2S2/c1-11(2)8-16-23-24-18(30-16)21-15(28)10-29-19-22-17(12-6-4-3-5-7-12)20-13-9-14(27)25-26(13)19/h3-7,9,11H,8,10H2,1-2H3,(H,25,27)(H,21,24,28). The number of anilines is 1. The SMILES string of the molecule is CC(C)Cc1nnc(NC(=O)CSc2nc(-c3ccccc3)nc3cc(=O)[nH]n23)s1. The van der Waals surface area contributed by atoms with Crippen LogP contribution in [0.1, 0.15) is 18.9 Å². The Morgan fingerprint density at radius 1 is 1.23 bits per heavy atom. The van der Waals surface area contributed by atoms with E-state index in [-0.39, 0.29) is 17.2 Å². The van der Waals surface area contributed by atoms with Crippen molar-refractivity contribution in [3.05, 3.63) is 51.8 Å². The van der Waals surface area contributed by atoms with E-state index < -0.39 is 0 Å². The van der Waals surface area contributed by atoms with Gasteiger partial charge in [0.25, 0.3) is 5.56 Å². The molecule has 0 atom stereocenters. The normalized spacial score (nSPS) is 11.3. The number of fused-ring (bicyclic) bond motifs is 1. The van der Waals surface area contributed by atoms with E-state index in [1.54, 1.807) is 0 Å². The molecule has 0 fully saturated rings. The maximum absolute atomic E-state index is 12.4. The van der Waals surface area contributed by atoms with Crippen molar-refractivity contribution in [2.45, 2.75) is 25.4 Å². The van der Waals surface area contributed by atoms with Gasteiger partial charge in [0, 0.05) is 18.1 Å². The molecule has 3 heterocycles. The largest absolute Gasteiger partial charge is 0.300 e. The molecule has 9 nitrogen and oxygen atoms in total. The molecule has 11 heteroatoms. The highest BCUT2D eigenvalue weighted by Gasteiger charge is 2.14. The number of rotatable bonds is 7. The number of H-pyrrole nitrogens is 1. The number of aromatic nitrogens is 6. The van der Waals surface area contributed by atoms with Crippen LogP contribution >= 0.6 is 23.1 Å². The molecule has 0 bridgehead atoms. The zero-order chi connectivity index (χ0) is 21.1. The van der Waals surface area contributed by atoms with Gasteiger partial charge in [-0.15, -0.1) is 10.2 Å². The summed E-state index contributed by atoms with van der Waals surface area (Å²) in [6, 6.07) is 10.9. The fourth-order valence-corrected chi connectivity index (χ4v) is 4.44. The summed E-state index contributed by atoms with van der Waals surface area (Å²) in [5.74, 6) is 0.828. The highest BCUT2D eigenvalue weighted by atomic mass is 32.2. The number of nitrogens with one attached hydrogen (secondary N) is 2. The third-order valence-corrected chi connectivity index (χ3v) is 5.78. The summed E-state index contributed by atoms with van der Waals surface area (Å²) in [6.07, 6.45) is 0.824. The minimum Gasteiger partial charge on any atom is -0.300 e. The molecule has 0 spiro atoms. The Kier molecular flexibility index (Phi) is 5.91. The van der Waals surface area contributed by atoms with Gasteiger partial charge in [-0.05, 0) is 5.92 Å². The summed E-state index contributed by atoms with van der Waals surface area (Å²) < 4.78 is 1.48. The zero-order valence-corrected chi connectivity index (χ0v) is 18.0. The second-order valence-corrected chi connectivity index (χ2v) is 8.95. The van der Waals surface area contributed by atoms with Crippen LogP contribution in [0.5, 0.6) is 0 Å². The van der Waals surface area contributed by atoms with E-state index >= 15 is 0 Å². The van der Waals surface area contributed by atoms with Crippen LogP contribution in [0.2, 0.25) is 0 Å². The number of nitrogens with zero attached hydrogens (tertiary/aromatic N) is 5. The summed E-state index contributed by atoms with van der Waals surface area (Å²) >= 11 is 2.58. The van der Waals surface area contributed by atoms with E-state index in [0.29, 0.717) is 27.7 Å². The van der Waals surface area contributed by atoms with Crippen LogP contribution in [-0.4, -0.2) is 41.4 Å². The molecule has 4 aromatic rings. The minimum atomic E-state index is -0.285. The molecular weight excluding hydrogens is 422 g/mol. The van der Waals surface area contributed by atoms with Gasteiger partial charge in [-0.25, -0.2) is 14.5 Å². The molecule has 1 aromatic carbocycles. The highest BCUT2D eigenvalue weighted by molar-refractivity contribution is 7.99. The first-order chi connectivity index (χ1) is 14.5. The summed E-state index contributed by atoms with van der Waals surface area (Å²) in [6.45, 7) is 4.21. The van der Waals surface area contributed by atoms with Crippen LogP contribution < -0.4 is 10.9 Å². The predicted molar refractivity (Wildman–Crippen MR) is 117 cm³/mol. The Morgan fingerprint density at radius 3 is 2.80 bits per heavy atom. The van der Waals surface area contributed by atoms with Gasteiger partial charge >= 0.3 is 0 Å². The molecule has 0 saturated heterocycles. The Bertz CT molecular complexity index is 1230. The third-order valence-electron chi connectivity index (χ3n) is 3.98. The first kappa shape index (κ1) is 20.2. The van der Waals surface area contributed by atoms with E-state index in [0.717, 1.165) is 17.0 Å². The summed E-state index contributed by atoms with van der Waals surface area (Å²) in [4.78, 5) is 33.2. The van der Waals surface area contributed by atoms with E-state index in [4.69, 9.17) is 0 Å². The Hall–Kier alpha value is -3.05. The van der Waals surface area contributed by atoms with E-state index in [1.165, 1.54) is 33.7 Å². The van der Waals surface area contributed by atoms with Crippen molar-refractivity contribution in [2.75, 3.05) is 11.1 Å². The lowest BCUT2D eigenvalue weighted by Gasteiger charge is -2.07. The maximum Gasteiger partial charge on any atom is 0.266 e. The van der Waals surface area contributed by atoms with Crippen LogP contribution in [0, 0.1) is 5.92 Å². The van der Waals surface area contributed by atoms with Crippen molar-refractivity contribution in [1.29, 1.82) is 0 Å².